The summed E-state index contributed by atoms with van der Waals surface area (Å²) in [5.74, 6) is 2.40. The zero-order chi connectivity index (χ0) is 30.5. The van der Waals surface area contributed by atoms with Gasteiger partial charge in [0.25, 0.3) is 0 Å². The lowest BCUT2D eigenvalue weighted by Gasteiger charge is -2.11. The third-order valence-electron chi connectivity index (χ3n) is 8.33. The fourth-order valence-electron chi connectivity index (χ4n) is 6.13. The topological polar surface area (TPSA) is 69.6 Å². The molecule has 0 N–H and O–H groups in total. The molecule has 0 spiro atoms. The second kappa shape index (κ2) is 10.6. The lowest BCUT2D eigenvalue weighted by atomic mass is 10.0. The number of hydrogen-bond donors (Lipinski definition) is 0. The maximum absolute atomic E-state index is 6.30. The first-order chi connectivity index (χ1) is 22.8. The van der Waals surface area contributed by atoms with Crippen LogP contribution in [0.1, 0.15) is 0 Å². The Kier molecular flexibility index (Phi) is 6.03. The number of oxazole rings is 1. The van der Waals surface area contributed by atoms with E-state index in [9.17, 15) is 0 Å². The van der Waals surface area contributed by atoms with E-state index in [0.29, 0.717) is 23.5 Å². The van der Waals surface area contributed by atoms with Crippen molar-refractivity contribution in [1.29, 1.82) is 0 Å². The van der Waals surface area contributed by atoms with E-state index in [1.165, 1.54) is 0 Å². The Hall–Kier alpha value is -6.40. The zero-order valence-electron chi connectivity index (χ0n) is 24.6. The molecular formula is C40H25N5O. The van der Waals surface area contributed by atoms with Crippen molar-refractivity contribution in [3.63, 3.8) is 0 Å². The van der Waals surface area contributed by atoms with Crippen LogP contribution >= 0.6 is 0 Å². The Morgan fingerprint density at radius 3 is 1.61 bits per heavy atom. The number of fused-ring (bicyclic) bond motifs is 4. The van der Waals surface area contributed by atoms with Crippen LogP contribution in [0.4, 0.5) is 0 Å². The van der Waals surface area contributed by atoms with Crippen molar-refractivity contribution in [1.82, 2.24) is 24.5 Å². The first kappa shape index (κ1) is 26.0. The smallest absolute Gasteiger partial charge is 0.238 e. The van der Waals surface area contributed by atoms with Gasteiger partial charge in [-0.25, -0.2) is 9.97 Å². The van der Waals surface area contributed by atoms with Gasteiger partial charge in [-0.3, -0.25) is 4.57 Å². The Morgan fingerprint density at radius 1 is 0.413 bits per heavy atom. The highest BCUT2D eigenvalue weighted by molar-refractivity contribution is 6.09. The van der Waals surface area contributed by atoms with Crippen LogP contribution in [0, 0.1) is 0 Å². The Labute approximate surface area is 264 Å². The summed E-state index contributed by atoms with van der Waals surface area (Å²) in [5, 5.41) is 2.31. The summed E-state index contributed by atoms with van der Waals surface area (Å²) in [6, 6.07) is 51.1. The monoisotopic (exact) mass is 591 g/mol. The molecule has 6 heteroatoms. The molecule has 6 aromatic carbocycles. The van der Waals surface area contributed by atoms with E-state index in [-0.39, 0.29) is 0 Å². The van der Waals surface area contributed by atoms with E-state index < -0.39 is 0 Å². The van der Waals surface area contributed by atoms with Gasteiger partial charge in [-0.1, -0.05) is 121 Å². The summed E-state index contributed by atoms with van der Waals surface area (Å²) in [5.41, 5.74) is 8.43. The molecule has 0 saturated carbocycles. The van der Waals surface area contributed by atoms with Gasteiger partial charge in [0.2, 0.25) is 11.8 Å². The molecule has 0 radical (unpaired) electrons. The molecule has 0 atom stereocenters. The maximum Gasteiger partial charge on any atom is 0.238 e. The van der Waals surface area contributed by atoms with Crippen LogP contribution in [0.3, 0.4) is 0 Å². The van der Waals surface area contributed by atoms with Crippen molar-refractivity contribution in [3.05, 3.63) is 152 Å². The van der Waals surface area contributed by atoms with Crippen LogP contribution in [-0.4, -0.2) is 24.5 Å². The number of nitrogens with zero attached hydrogens (tertiary/aromatic N) is 5. The van der Waals surface area contributed by atoms with Gasteiger partial charge in [0.05, 0.1) is 11.0 Å². The average molecular weight is 592 g/mol. The molecule has 0 aliphatic carbocycles. The lowest BCUT2D eigenvalue weighted by Crippen LogP contribution is -2.06. The number of benzene rings is 6. The molecule has 0 unspecified atom stereocenters. The van der Waals surface area contributed by atoms with Gasteiger partial charge in [-0.15, -0.1) is 0 Å². The van der Waals surface area contributed by atoms with Crippen LogP contribution in [0.2, 0.25) is 0 Å². The fraction of sp³-hybridized carbons (Fsp3) is 0. The molecule has 3 heterocycles. The normalized spacial score (nSPS) is 11.5. The van der Waals surface area contributed by atoms with E-state index >= 15 is 0 Å². The van der Waals surface area contributed by atoms with Crippen molar-refractivity contribution in [2.45, 2.75) is 0 Å². The molecule has 6 nitrogen and oxygen atoms in total. The largest absolute Gasteiger partial charge is 0.435 e. The molecule has 9 aromatic rings. The van der Waals surface area contributed by atoms with Crippen LogP contribution in [0.15, 0.2) is 156 Å². The third kappa shape index (κ3) is 4.35. The van der Waals surface area contributed by atoms with Gasteiger partial charge in [-0.2, -0.15) is 9.97 Å². The maximum atomic E-state index is 6.30. The first-order valence-corrected chi connectivity index (χ1v) is 15.2. The summed E-state index contributed by atoms with van der Waals surface area (Å²) in [4.78, 5) is 19.8. The summed E-state index contributed by atoms with van der Waals surface area (Å²) < 4.78 is 8.43. The average Bonchev–Trinajstić information content (AvgIpc) is 3.72. The second-order valence-electron chi connectivity index (χ2n) is 11.1. The van der Waals surface area contributed by atoms with E-state index in [1.807, 2.05) is 72.8 Å². The quantitative estimate of drug-likeness (QED) is 0.199. The summed E-state index contributed by atoms with van der Waals surface area (Å²) in [7, 11) is 0. The predicted octanol–water partition coefficient (Wildman–Crippen LogP) is 9.78. The highest BCUT2D eigenvalue weighted by atomic mass is 16.3. The lowest BCUT2D eigenvalue weighted by molar-refractivity contribution is 0.621. The Balaban J connectivity index is 1.18. The number of rotatable bonds is 5. The van der Waals surface area contributed by atoms with Crippen LogP contribution in [0.25, 0.3) is 84.2 Å². The predicted molar refractivity (Wildman–Crippen MR) is 183 cm³/mol. The summed E-state index contributed by atoms with van der Waals surface area (Å²) in [6.45, 7) is 0. The third-order valence-corrected chi connectivity index (χ3v) is 8.33. The summed E-state index contributed by atoms with van der Waals surface area (Å²) >= 11 is 0. The molecule has 46 heavy (non-hydrogen) atoms. The van der Waals surface area contributed by atoms with Gasteiger partial charge in [-0.05, 0) is 35.9 Å². The SMILES string of the molecule is c1ccc(-c2nc(-c3ccc(-c4cccc5nc(-c6ccccc6)oc45)cc3)nc(-n3c4ccccc4c4ccccc43)n2)cc1. The van der Waals surface area contributed by atoms with Gasteiger partial charge in [0.15, 0.2) is 17.2 Å². The molecule has 216 valence electrons. The van der Waals surface area contributed by atoms with E-state index in [1.54, 1.807) is 0 Å². The fourth-order valence-corrected chi connectivity index (χ4v) is 6.13. The van der Waals surface area contributed by atoms with Gasteiger partial charge in [0, 0.05) is 33.0 Å². The molecular weight excluding hydrogens is 566 g/mol. The van der Waals surface area contributed by atoms with Crippen LogP contribution in [-0.2, 0) is 0 Å². The summed E-state index contributed by atoms with van der Waals surface area (Å²) in [6.07, 6.45) is 0. The minimum atomic E-state index is 0.574. The standard InChI is InChI=1S/C40H25N5O/c1-3-12-27(13-4-1)37-42-38(44-40(43-37)45-34-20-9-7-16-31(34)32-17-8-10-21-35(32)45)28-24-22-26(23-25-28)30-18-11-19-33-36(30)46-39(41-33)29-14-5-2-6-15-29/h1-25H. The van der Waals surface area contributed by atoms with Crippen LogP contribution < -0.4 is 0 Å². The minimum absolute atomic E-state index is 0.574. The van der Waals surface area contributed by atoms with E-state index in [4.69, 9.17) is 24.4 Å². The highest BCUT2D eigenvalue weighted by Gasteiger charge is 2.18. The number of aromatic nitrogens is 5. The molecule has 0 bridgehead atoms. The molecule has 0 aliphatic heterocycles. The van der Waals surface area contributed by atoms with Crippen LogP contribution in [0.5, 0.6) is 0 Å². The Morgan fingerprint density at radius 2 is 0.957 bits per heavy atom. The number of hydrogen-bond acceptors (Lipinski definition) is 5. The van der Waals surface area contributed by atoms with E-state index in [2.05, 4.69) is 83.4 Å². The van der Waals surface area contributed by atoms with Gasteiger partial charge < -0.3 is 4.42 Å². The molecule has 0 fully saturated rings. The molecule has 0 amide bonds. The molecule has 0 saturated heterocycles. The zero-order valence-corrected chi connectivity index (χ0v) is 24.6. The van der Waals surface area contributed by atoms with Crippen molar-refractivity contribution in [2.75, 3.05) is 0 Å². The highest BCUT2D eigenvalue weighted by Crippen LogP contribution is 2.35. The Bertz CT molecular complexity index is 2460. The molecule has 3 aromatic heterocycles. The van der Waals surface area contributed by atoms with Crippen molar-refractivity contribution < 1.29 is 4.42 Å². The molecule has 0 aliphatic rings. The minimum Gasteiger partial charge on any atom is -0.435 e. The number of para-hydroxylation sites is 3. The first-order valence-electron chi connectivity index (χ1n) is 15.2. The van der Waals surface area contributed by atoms with Gasteiger partial charge in [0.1, 0.15) is 5.52 Å². The van der Waals surface area contributed by atoms with Crippen molar-refractivity contribution in [2.24, 2.45) is 0 Å². The van der Waals surface area contributed by atoms with E-state index in [0.717, 1.165) is 60.7 Å². The van der Waals surface area contributed by atoms with Crippen molar-refractivity contribution in [3.8, 4) is 51.3 Å². The van der Waals surface area contributed by atoms with Gasteiger partial charge >= 0.3 is 0 Å². The second-order valence-corrected chi connectivity index (χ2v) is 11.1. The van der Waals surface area contributed by atoms with Crippen molar-refractivity contribution >= 4 is 32.9 Å². The molecule has 9 rings (SSSR count).